The van der Waals surface area contributed by atoms with E-state index in [1.807, 2.05) is 6.07 Å². The number of hydrogen-bond donors (Lipinski definition) is 3. The predicted octanol–water partition coefficient (Wildman–Crippen LogP) is 3.23. The van der Waals surface area contributed by atoms with Gasteiger partial charge in [-0.1, -0.05) is 0 Å². The summed E-state index contributed by atoms with van der Waals surface area (Å²) in [4.78, 5) is 24.5. The first kappa shape index (κ1) is 27.6. The van der Waals surface area contributed by atoms with Gasteiger partial charge in [-0.15, -0.1) is 0 Å². The van der Waals surface area contributed by atoms with E-state index >= 15 is 0 Å². The molecule has 12 heteroatoms. The van der Waals surface area contributed by atoms with E-state index in [4.69, 9.17) is 15.2 Å². The highest BCUT2D eigenvalue weighted by molar-refractivity contribution is 5.95. The number of hydrogen-bond acceptors (Lipinski definition) is 7. The maximum atomic E-state index is 12.7. The lowest BCUT2D eigenvalue weighted by atomic mass is 9.53. The summed E-state index contributed by atoms with van der Waals surface area (Å²) in [5, 5.41) is 17.2. The topological polar surface area (TPSA) is 137 Å². The predicted molar refractivity (Wildman–Crippen MR) is 140 cm³/mol. The van der Waals surface area contributed by atoms with E-state index in [9.17, 15) is 23.5 Å². The smallest absolute Gasteiger partial charge is 0.387 e. The van der Waals surface area contributed by atoms with Crippen LogP contribution in [0.3, 0.4) is 0 Å². The van der Waals surface area contributed by atoms with Gasteiger partial charge in [0.05, 0.1) is 41.6 Å². The van der Waals surface area contributed by atoms with Gasteiger partial charge in [-0.2, -0.15) is 13.9 Å². The molecular weight excluding hydrogens is 526 g/mol. The van der Waals surface area contributed by atoms with Crippen molar-refractivity contribution in [2.75, 3.05) is 6.61 Å². The Morgan fingerprint density at radius 1 is 1.20 bits per heavy atom. The molecule has 2 aliphatic rings. The lowest BCUT2D eigenvalue weighted by molar-refractivity contribution is -0.126. The Morgan fingerprint density at radius 2 is 1.93 bits per heavy atom. The van der Waals surface area contributed by atoms with E-state index < -0.39 is 18.1 Å². The molecule has 3 aromatic rings. The second-order valence-electron chi connectivity index (χ2n) is 11.4. The number of pyridine rings is 1. The first-order valence-electron chi connectivity index (χ1n) is 13.0. The second kappa shape index (κ2) is 10.6. The Kier molecular flexibility index (Phi) is 7.30. The van der Waals surface area contributed by atoms with Gasteiger partial charge in [-0.25, -0.2) is 4.52 Å². The Balaban J connectivity index is 1.10. The fourth-order valence-electron chi connectivity index (χ4n) is 5.52. The standard InChI is InChI=1S/C28H32F2N4O6/c1-27(2,37)15-38-19-4-6-22-16(13-32-34(22)14-19)7-24(35)33-17-9-28(10-17)11-20(12-28)39-23-8-18(40-26(29)30)3-5-21(23)25(31)36/h3-6,8,13-14,17,20,26,37H,7,9-12,15H2,1-2H3,(H2,31,36)(H,33,35). The van der Waals surface area contributed by atoms with Crippen LogP contribution in [0.2, 0.25) is 0 Å². The number of primary amides is 1. The Hall–Kier alpha value is -3.93. The summed E-state index contributed by atoms with van der Waals surface area (Å²) < 4.78 is 42.7. The minimum Gasteiger partial charge on any atom is -0.489 e. The summed E-state index contributed by atoms with van der Waals surface area (Å²) in [5.74, 6) is -0.229. The molecule has 2 amide bonds. The molecule has 10 nitrogen and oxygen atoms in total. The zero-order chi connectivity index (χ0) is 28.7. The minimum absolute atomic E-state index is 0.0521. The fourth-order valence-corrected chi connectivity index (χ4v) is 5.52. The van der Waals surface area contributed by atoms with Crippen LogP contribution >= 0.6 is 0 Å². The molecule has 1 aromatic carbocycles. The number of carbonyl (C=O) groups is 2. The molecule has 2 aromatic heterocycles. The summed E-state index contributed by atoms with van der Waals surface area (Å²) in [7, 11) is 0. The Bertz CT molecular complexity index is 1410. The number of ether oxygens (including phenoxy) is 3. The van der Waals surface area contributed by atoms with Gasteiger partial charge < -0.3 is 30.4 Å². The van der Waals surface area contributed by atoms with Crippen molar-refractivity contribution in [3.63, 3.8) is 0 Å². The highest BCUT2D eigenvalue weighted by Crippen LogP contribution is 2.57. The van der Waals surface area contributed by atoms with Gasteiger partial charge in [0.15, 0.2) is 0 Å². The number of fused-ring (bicyclic) bond motifs is 1. The average molecular weight is 559 g/mol. The van der Waals surface area contributed by atoms with Crippen molar-refractivity contribution in [2.45, 2.75) is 70.3 Å². The largest absolute Gasteiger partial charge is 0.489 e. The normalized spacial score (nSPS) is 22.1. The van der Waals surface area contributed by atoms with Gasteiger partial charge in [-0.05, 0) is 69.2 Å². The third kappa shape index (κ3) is 6.27. The molecule has 0 atom stereocenters. The number of carbonyl (C=O) groups excluding carboxylic acids is 2. The minimum atomic E-state index is -2.99. The number of nitrogens with one attached hydrogen (secondary N) is 1. The van der Waals surface area contributed by atoms with Gasteiger partial charge in [-0.3, -0.25) is 9.59 Å². The molecule has 40 heavy (non-hydrogen) atoms. The summed E-state index contributed by atoms with van der Waals surface area (Å²) in [6.45, 7) is 0.471. The third-order valence-electron chi connectivity index (χ3n) is 7.29. The van der Waals surface area contributed by atoms with E-state index in [0.717, 1.165) is 36.8 Å². The monoisotopic (exact) mass is 558 g/mol. The number of halogens is 2. The van der Waals surface area contributed by atoms with Crippen molar-refractivity contribution in [3.8, 4) is 17.2 Å². The molecule has 2 saturated carbocycles. The summed E-state index contributed by atoms with van der Waals surface area (Å²) in [6.07, 6.45) is 6.45. The molecule has 0 radical (unpaired) electrons. The van der Waals surface area contributed by atoms with E-state index in [1.54, 1.807) is 36.8 Å². The van der Waals surface area contributed by atoms with Crippen LogP contribution in [0.25, 0.3) is 5.52 Å². The number of amides is 2. The van der Waals surface area contributed by atoms with Crippen molar-refractivity contribution in [2.24, 2.45) is 11.1 Å². The van der Waals surface area contributed by atoms with Gasteiger partial charge >= 0.3 is 6.61 Å². The number of nitrogens with zero attached hydrogens (tertiary/aromatic N) is 2. The first-order chi connectivity index (χ1) is 18.9. The van der Waals surface area contributed by atoms with Crippen molar-refractivity contribution >= 4 is 17.3 Å². The highest BCUT2D eigenvalue weighted by Gasteiger charge is 2.54. The highest BCUT2D eigenvalue weighted by atomic mass is 19.3. The maximum Gasteiger partial charge on any atom is 0.387 e. The van der Waals surface area contributed by atoms with Crippen LogP contribution < -0.4 is 25.3 Å². The van der Waals surface area contributed by atoms with Crippen molar-refractivity contribution in [1.82, 2.24) is 14.9 Å². The molecular formula is C28H32F2N4O6. The Morgan fingerprint density at radius 3 is 2.60 bits per heavy atom. The number of rotatable bonds is 11. The number of alkyl halides is 2. The van der Waals surface area contributed by atoms with Crippen molar-refractivity contribution < 1.29 is 37.7 Å². The molecule has 5 rings (SSSR count). The first-order valence-corrected chi connectivity index (χ1v) is 13.0. The van der Waals surface area contributed by atoms with Crippen LogP contribution in [0.4, 0.5) is 8.78 Å². The second-order valence-corrected chi connectivity index (χ2v) is 11.4. The lowest BCUT2D eigenvalue weighted by Crippen LogP contribution is -2.59. The zero-order valence-electron chi connectivity index (χ0n) is 22.2. The summed E-state index contributed by atoms with van der Waals surface area (Å²) in [5.41, 5.74) is 6.19. The number of benzene rings is 1. The van der Waals surface area contributed by atoms with E-state index in [1.165, 1.54) is 18.2 Å². The molecule has 0 saturated heterocycles. The molecule has 0 bridgehead atoms. The number of nitrogens with two attached hydrogens (primary N) is 1. The van der Waals surface area contributed by atoms with Crippen LogP contribution in [0.1, 0.15) is 55.5 Å². The molecule has 214 valence electrons. The van der Waals surface area contributed by atoms with Crippen molar-refractivity contribution in [3.05, 3.63) is 53.9 Å². The molecule has 2 aliphatic carbocycles. The summed E-state index contributed by atoms with van der Waals surface area (Å²) >= 11 is 0. The average Bonchev–Trinajstić information content (AvgIpc) is 3.21. The quantitative estimate of drug-likeness (QED) is 0.329. The van der Waals surface area contributed by atoms with Gasteiger partial charge in [0, 0.05) is 17.7 Å². The summed E-state index contributed by atoms with van der Waals surface area (Å²) in [6, 6.07) is 7.49. The van der Waals surface area contributed by atoms with Crippen LogP contribution in [0.5, 0.6) is 17.2 Å². The SMILES string of the molecule is CC(C)(O)COc1ccc2c(CC(=O)NC3CC4(C3)CC(Oc3cc(OC(F)F)ccc3C(N)=O)C4)cnn2c1. The molecule has 4 N–H and O–H groups in total. The van der Waals surface area contributed by atoms with E-state index in [0.29, 0.717) is 5.75 Å². The number of aromatic nitrogens is 2. The third-order valence-corrected chi connectivity index (χ3v) is 7.29. The van der Waals surface area contributed by atoms with Gasteiger partial charge in [0.1, 0.15) is 23.9 Å². The van der Waals surface area contributed by atoms with Gasteiger partial charge in [0.2, 0.25) is 5.91 Å². The molecule has 2 heterocycles. The van der Waals surface area contributed by atoms with Gasteiger partial charge in [0.25, 0.3) is 5.91 Å². The Labute approximate surface area is 229 Å². The zero-order valence-corrected chi connectivity index (χ0v) is 22.2. The van der Waals surface area contributed by atoms with E-state index in [2.05, 4.69) is 15.2 Å². The lowest BCUT2D eigenvalue weighted by Gasteiger charge is -2.57. The molecule has 1 spiro atoms. The molecule has 2 fully saturated rings. The van der Waals surface area contributed by atoms with Crippen LogP contribution in [0, 0.1) is 5.41 Å². The molecule has 0 aliphatic heterocycles. The van der Waals surface area contributed by atoms with Crippen LogP contribution in [0.15, 0.2) is 42.7 Å². The number of aliphatic hydroxyl groups is 1. The van der Waals surface area contributed by atoms with E-state index in [-0.39, 0.29) is 53.6 Å². The van der Waals surface area contributed by atoms with Crippen LogP contribution in [-0.4, -0.2) is 57.5 Å². The molecule has 0 unspecified atom stereocenters. The van der Waals surface area contributed by atoms with Crippen molar-refractivity contribution in [1.29, 1.82) is 0 Å². The van der Waals surface area contributed by atoms with Crippen LogP contribution in [-0.2, 0) is 11.2 Å². The maximum absolute atomic E-state index is 12.7. The fraction of sp³-hybridized carbons (Fsp3) is 0.464.